The Kier molecular flexibility index (Phi) is 4.41. The fourth-order valence-corrected chi connectivity index (χ4v) is 2.37. The summed E-state index contributed by atoms with van der Waals surface area (Å²) in [6.07, 6.45) is 0. The van der Waals surface area contributed by atoms with E-state index in [0.29, 0.717) is 16.3 Å². The maximum absolute atomic E-state index is 13.8. The number of nitrogens with zero attached hydrogens (tertiary/aromatic N) is 1. The summed E-state index contributed by atoms with van der Waals surface area (Å²) in [6, 6.07) is 12.0. The Bertz CT molecular complexity index is 652. The maximum Gasteiger partial charge on any atom is 0.145 e. The minimum Gasteiger partial charge on any atom is -0.380 e. The smallest absolute Gasteiger partial charge is 0.145 e. The number of anilines is 1. The van der Waals surface area contributed by atoms with Gasteiger partial charge in [0.15, 0.2) is 0 Å². The molecule has 0 aliphatic carbocycles. The van der Waals surface area contributed by atoms with Crippen molar-refractivity contribution in [3.63, 3.8) is 0 Å². The van der Waals surface area contributed by atoms with E-state index in [4.69, 9.17) is 16.9 Å². The number of benzene rings is 2. The van der Waals surface area contributed by atoms with Crippen LogP contribution in [0.1, 0.15) is 11.1 Å². The van der Waals surface area contributed by atoms with Gasteiger partial charge in [-0.05, 0) is 24.3 Å². The number of nitrogens with one attached hydrogen (secondary N) is 1. The molecular weight excluding hydrogens is 331 g/mol. The Labute approximate surface area is 123 Å². The first kappa shape index (κ1) is 13.9. The van der Waals surface area contributed by atoms with Gasteiger partial charge in [0, 0.05) is 16.6 Å². The van der Waals surface area contributed by atoms with Crippen molar-refractivity contribution in [1.82, 2.24) is 0 Å². The van der Waals surface area contributed by atoms with Crippen LogP contribution in [-0.2, 0) is 6.54 Å². The molecule has 2 nitrogen and oxygen atoms in total. The average molecular weight is 340 g/mol. The summed E-state index contributed by atoms with van der Waals surface area (Å²) < 4.78 is 14.7. The second-order valence-electron chi connectivity index (χ2n) is 3.87. The van der Waals surface area contributed by atoms with Crippen molar-refractivity contribution in [2.24, 2.45) is 0 Å². The van der Waals surface area contributed by atoms with Gasteiger partial charge in [0.05, 0.1) is 16.3 Å². The second kappa shape index (κ2) is 6.05. The van der Waals surface area contributed by atoms with Crippen molar-refractivity contribution >= 4 is 33.2 Å². The van der Waals surface area contributed by atoms with Crippen LogP contribution in [-0.4, -0.2) is 0 Å². The Morgan fingerprint density at radius 2 is 2.11 bits per heavy atom. The van der Waals surface area contributed by atoms with Gasteiger partial charge in [-0.3, -0.25) is 0 Å². The molecule has 0 atom stereocenters. The highest BCUT2D eigenvalue weighted by atomic mass is 79.9. The lowest BCUT2D eigenvalue weighted by atomic mass is 10.1. The van der Waals surface area contributed by atoms with Crippen molar-refractivity contribution in [1.29, 1.82) is 5.26 Å². The van der Waals surface area contributed by atoms with Gasteiger partial charge >= 0.3 is 0 Å². The van der Waals surface area contributed by atoms with E-state index >= 15 is 0 Å². The number of hydrogen-bond donors (Lipinski definition) is 1. The van der Waals surface area contributed by atoms with Crippen molar-refractivity contribution in [3.05, 3.63) is 62.8 Å². The summed E-state index contributed by atoms with van der Waals surface area (Å²) in [5.41, 5.74) is 1.19. The van der Waals surface area contributed by atoms with E-state index in [1.54, 1.807) is 24.3 Å². The van der Waals surface area contributed by atoms with Gasteiger partial charge in [-0.1, -0.05) is 39.7 Å². The van der Waals surface area contributed by atoms with E-state index in [0.717, 1.165) is 4.47 Å². The van der Waals surface area contributed by atoms with Gasteiger partial charge in [-0.2, -0.15) is 5.26 Å². The van der Waals surface area contributed by atoms with Crippen LogP contribution in [0.3, 0.4) is 0 Å². The molecule has 0 fully saturated rings. The van der Waals surface area contributed by atoms with Crippen LogP contribution in [0.5, 0.6) is 0 Å². The molecule has 0 aliphatic heterocycles. The molecule has 2 aromatic rings. The van der Waals surface area contributed by atoms with Crippen molar-refractivity contribution < 1.29 is 4.39 Å². The van der Waals surface area contributed by atoms with Gasteiger partial charge in [-0.25, -0.2) is 4.39 Å². The van der Waals surface area contributed by atoms with E-state index in [-0.39, 0.29) is 12.1 Å². The lowest BCUT2D eigenvalue weighted by Crippen LogP contribution is -2.03. The molecule has 0 heterocycles. The summed E-state index contributed by atoms with van der Waals surface area (Å²) >= 11 is 9.37. The molecule has 0 saturated heterocycles. The Morgan fingerprint density at radius 3 is 2.79 bits per heavy atom. The number of nitriles is 1. The van der Waals surface area contributed by atoms with Gasteiger partial charge < -0.3 is 5.32 Å². The van der Waals surface area contributed by atoms with Crippen LogP contribution >= 0.6 is 27.5 Å². The summed E-state index contributed by atoms with van der Waals surface area (Å²) in [4.78, 5) is 0. The Balaban J connectivity index is 2.17. The third-order valence-corrected chi connectivity index (χ3v) is 3.41. The fourth-order valence-electron chi connectivity index (χ4n) is 1.63. The van der Waals surface area contributed by atoms with E-state index in [2.05, 4.69) is 21.2 Å². The van der Waals surface area contributed by atoms with Crippen LogP contribution in [0.2, 0.25) is 5.02 Å². The maximum atomic E-state index is 13.8. The summed E-state index contributed by atoms with van der Waals surface area (Å²) in [5, 5.41) is 12.4. The third kappa shape index (κ3) is 3.25. The molecule has 0 spiro atoms. The molecule has 0 aliphatic rings. The predicted molar refractivity (Wildman–Crippen MR) is 77.6 cm³/mol. The standard InChI is InChI=1S/C14H9BrClFN2/c15-11-4-5-13(12(16)6-11)19-8-10-3-1-2-9(7-18)14(10)17/h1-6,19H,8H2. The van der Waals surface area contributed by atoms with E-state index in [1.807, 2.05) is 12.1 Å². The molecule has 2 aromatic carbocycles. The molecule has 96 valence electrons. The molecule has 0 aromatic heterocycles. The fraction of sp³-hybridized carbons (Fsp3) is 0.0714. The highest BCUT2D eigenvalue weighted by Gasteiger charge is 2.08. The normalized spacial score (nSPS) is 10.0. The summed E-state index contributed by atoms with van der Waals surface area (Å²) in [7, 11) is 0. The zero-order valence-corrected chi connectivity index (χ0v) is 12.1. The Hall–Kier alpha value is -1.57. The number of halogens is 3. The molecule has 19 heavy (non-hydrogen) atoms. The van der Waals surface area contributed by atoms with Crippen molar-refractivity contribution in [3.8, 4) is 6.07 Å². The monoisotopic (exact) mass is 338 g/mol. The summed E-state index contributed by atoms with van der Waals surface area (Å²) in [5.74, 6) is -0.495. The molecule has 0 unspecified atom stereocenters. The van der Waals surface area contributed by atoms with Crippen molar-refractivity contribution in [2.45, 2.75) is 6.54 Å². The first-order valence-corrected chi connectivity index (χ1v) is 6.65. The molecule has 2 rings (SSSR count). The summed E-state index contributed by atoms with van der Waals surface area (Å²) in [6.45, 7) is 0.267. The van der Waals surface area contributed by atoms with Crippen LogP contribution in [0, 0.1) is 17.1 Å². The van der Waals surface area contributed by atoms with Gasteiger partial charge in [0.1, 0.15) is 11.9 Å². The average Bonchev–Trinajstić information content (AvgIpc) is 2.39. The van der Waals surface area contributed by atoms with Gasteiger partial charge in [-0.15, -0.1) is 0 Å². The molecule has 1 N–H and O–H groups in total. The first-order chi connectivity index (χ1) is 9.11. The minimum atomic E-state index is -0.495. The largest absolute Gasteiger partial charge is 0.380 e. The lowest BCUT2D eigenvalue weighted by Gasteiger charge is -2.10. The molecule has 0 bridgehead atoms. The highest BCUT2D eigenvalue weighted by molar-refractivity contribution is 9.10. The van der Waals surface area contributed by atoms with E-state index in [1.165, 1.54) is 6.07 Å². The topological polar surface area (TPSA) is 35.8 Å². The Morgan fingerprint density at radius 1 is 1.32 bits per heavy atom. The zero-order chi connectivity index (χ0) is 13.8. The van der Waals surface area contributed by atoms with Crippen LogP contribution < -0.4 is 5.32 Å². The highest BCUT2D eigenvalue weighted by Crippen LogP contribution is 2.26. The molecule has 0 radical (unpaired) electrons. The SMILES string of the molecule is N#Cc1cccc(CNc2ccc(Br)cc2Cl)c1F. The van der Waals surface area contributed by atoms with Crippen LogP contribution in [0.15, 0.2) is 40.9 Å². The van der Waals surface area contributed by atoms with E-state index < -0.39 is 5.82 Å². The minimum absolute atomic E-state index is 0.0428. The van der Waals surface area contributed by atoms with Crippen LogP contribution in [0.4, 0.5) is 10.1 Å². The molecule has 0 amide bonds. The lowest BCUT2D eigenvalue weighted by molar-refractivity contribution is 0.609. The zero-order valence-electron chi connectivity index (χ0n) is 9.75. The van der Waals surface area contributed by atoms with Gasteiger partial charge in [0.2, 0.25) is 0 Å². The van der Waals surface area contributed by atoms with Crippen LogP contribution in [0.25, 0.3) is 0 Å². The third-order valence-electron chi connectivity index (χ3n) is 2.60. The molecule has 5 heteroatoms. The predicted octanol–water partition coefficient (Wildman–Crippen LogP) is 4.73. The van der Waals surface area contributed by atoms with E-state index in [9.17, 15) is 4.39 Å². The number of rotatable bonds is 3. The number of hydrogen-bond acceptors (Lipinski definition) is 2. The van der Waals surface area contributed by atoms with Gasteiger partial charge in [0.25, 0.3) is 0 Å². The second-order valence-corrected chi connectivity index (χ2v) is 5.19. The molecule has 0 saturated carbocycles. The first-order valence-electron chi connectivity index (χ1n) is 5.48. The quantitative estimate of drug-likeness (QED) is 0.878. The molecular formula is C14H9BrClFN2. The van der Waals surface area contributed by atoms with Crippen molar-refractivity contribution in [2.75, 3.05) is 5.32 Å².